The van der Waals surface area contributed by atoms with Crippen molar-refractivity contribution in [3.8, 4) is 0 Å². The largest absolute Gasteiger partial charge is 0.344 e. The summed E-state index contributed by atoms with van der Waals surface area (Å²) >= 11 is 3.42. The van der Waals surface area contributed by atoms with E-state index in [1.54, 1.807) is 28.0 Å². The average Bonchev–Trinajstić information content (AvgIpc) is 3.01. The molecule has 1 aromatic rings. The molecule has 0 radical (unpaired) electrons. The number of carbonyl (C=O) groups excluding carboxylic acids is 2. The molecular weight excluding hydrogens is 328 g/mol. The van der Waals surface area contributed by atoms with Crippen LogP contribution in [-0.4, -0.2) is 47.0 Å². The first-order valence-electron chi connectivity index (χ1n) is 8.05. The fraction of sp³-hybridized carbons (Fsp3) is 0.647. The number of aryl methyl sites for hydroxylation is 1. The van der Waals surface area contributed by atoms with Gasteiger partial charge in [-0.15, -0.1) is 23.1 Å². The van der Waals surface area contributed by atoms with Crippen LogP contribution in [0.1, 0.15) is 43.0 Å². The predicted octanol–water partition coefficient (Wildman–Crippen LogP) is 3.52. The zero-order chi connectivity index (χ0) is 17.1. The third kappa shape index (κ3) is 4.29. The highest BCUT2D eigenvalue weighted by Gasteiger charge is 2.39. The van der Waals surface area contributed by atoms with Crippen molar-refractivity contribution in [2.75, 3.05) is 20.1 Å². The van der Waals surface area contributed by atoms with E-state index >= 15 is 0 Å². The molecule has 1 fully saturated rings. The summed E-state index contributed by atoms with van der Waals surface area (Å²) in [6, 6.07) is 2.10. The van der Waals surface area contributed by atoms with Gasteiger partial charge < -0.3 is 9.80 Å². The summed E-state index contributed by atoms with van der Waals surface area (Å²) in [5.74, 6) is 0.684. The Morgan fingerprint density at radius 1 is 1.43 bits per heavy atom. The SMILES string of the molecule is Cc1ccsc1[C@@H]1S[C@H](C)C(=O)N1CCN(C)C(=O)CC(C)C. The Bertz CT molecular complexity index is 571. The molecular formula is C17H26N2O2S2. The van der Waals surface area contributed by atoms with Crippen LogP contribution >= 0.6 is 23.1 Å². The first-order chi connectivity index (χ1) is 10.8. The summed E-state index contributed by atoms with van der Waals surface area (Å²) in [5.41, 5.74) is 1.24. The molecule has 0 aliphatic carbocycles. The highest BCUT2D eigenvalue weighted by molar-refractivity contribution is 8.01. The molecule has 1 aliphatic rings. The van der Waals surface area contributed by atoms with Crippen molar-refractivity contribution >= 4 is 34.9 Å². The summed E-state index contributed by atoms with van der Waals surface area (Å²) in [4.78, 5) is 29.5. The lowest BCUT2D eigenvalue weighted by Gasteiger charge is -2.27. The van der Waals surface area contributed by atoms with Crippen molar-refractivity contribution in [2.24, 2.45) is 5.92 Å². The molecule has 0 bridgehead atoms. The lowest BCUT2D eigenvalue weighted by Crippen LogP contribution is -2.39. The third-order valence-electron chi connectivity index (χ3n) is 4.06. The number of likely N-dealkylation sites (N-methyl/N-ethyl adjacent to an activating group) is 1. The molecule has 0 saturated carbocycles. The Hall–Kier alpha value is -1.01. The van der Waals surface area contributed by atoms with Gasteiger partial charge in [-0.2, -0.15) is 0 Å². The number of thioether (sulfide) groups is 1. The minimum atomic E-state index is -0.0156. The van der Waals surface area contributed by atoms with Gasteiger partial charge in [-0.05, 0) is 36.8 Å². The third-order valence-corrected chi connectivity index (χ3v) is 6.64. The van der Waals surface area contributed by atoms with Crippen LogP contribution in [0.5, 0.6) is 0 Å². The number of hydrogen-bond donors (Lipinski definition) is 0. The van der Waals surface area contributed by atoms with E-state index in [0.29, 0.717) is 25.4 Å². The Kier molecular flexibility index (Phi) is 6.14. The van der Waals surface area contributed by atoms with Crippen LogP contribution in [0.2, 0.25) is 0 Å². The van der Waals surface area contributed by atoms with Crippen molar-refractivity contribution in [1.29, 1.82) is 0 Å². The van der Waals surface area contributed by atoms with Crippen LogP contribution in [0.4, 0.5) is 0 Å². The van der Waals surface area contributed by atoms with E-state index in [-0.39, 0.29) is 22.4 Å². The molecule has 0 unspecified atom stereocenters. The molecule has 23 heavy (non-hydrogen) atoms. The molecule has 2 heterocycles. The Balaban J connectivity index is 2.03. The van der Waals surface area contributed by atoms with Gasteiger partial charge in [-0.3, -0.25) is 9.59 Å². The zero-order valence-electron chi connectivity index (χ0n) is 14.5. The van der Waals surface area contributed by atoms with E-state index in [2.05, 4.69) is 18.4 Å². The van der Waals surface area contributed by atoms with Gasteiger partial charge >= 0.3 is 0 Å². The molecule has 4 nitrogen and oxygen atoms in total. The van der Waals surface area contributed by atoms with E-state index in [4.69, 9.17) is 0 Å². The van der Waals surface area contributed by atoms with Gasteiger partial charge in [0.05, 0.1) is 5.25 Å². The maximum absolute atomic E-state index is 12.5. The van der Waals surface area contributed by atoms with E-state index in [1.165, 1.54) is 10.4 Å². The number of nitrogens with zero attached hydrogens (tertiary/aromatic N) is 2. The van der Waals surface area contributed by atoms with E-state index in [9.17, 15) is 9.59 Å². The Labute approximate surface area is 147 Å². The van der Waals surface area contributed by atoms with Crippen LogP contribution in [0.3, 0.4) is 0 Å². The number of thiophene rings is 1. The van der Waals surface area contributed by atoms with Crippen LogP contribution in [0, 0.1) is 12.8 Å². The molecule has 128 valence electrons. The molecule has 0 aromatic carbocycles. The quantitative estimate of drug-likeness (QED) is 0.785. The molecule has 2 atom stereocenters. The highest BCUT2D eigenvalue weighted by Crippen LogP contribution is 2.45. The van der Waals surface area contributed by atoms with Crippen LogP contribution < -0.4 is 0 Å². The molecule has 0 spiro atoms. The summed E-state index contributed by atoms with van der Waals surface area (Å²) in [6.07, 6.45) is 0.559. The van der Waals surface area contributed by atoms with Crippen molar-refractivity contribution in [3.63, 3.8) is 0 Å². The van der Waals surface area contributed by atoms with Gasteiger partial charge in [0.15, 0.2) is 0 Å². The van der Waals surface area contributed by atoms with Gasteiger partial charge in [0.2, 0.25) is 11.8 Å². The molecule has 1 saturated heterocycles. The minimum Gasteiger partial charge on any atom is -0.344 e. The van der Waals surface area contributed by atoms with Crippen molar-refractivity contribution in [2.45, 2.75) is 44.7 Å². The van der Waals surface area contributed by atoms with Gasteiger partial charge in [0.1, 0.15) is 5.37 Å². The lowest BCUT2D eigenvalue weighted by molar-refractivity contribution is -0.134. The Morgan fingerprint density at radius 2 is 2.13 bits per heavy atom. The predicted molar refractivity (Wildman–Crippen MR) is 97.7 cm³/mol. The van der Waals surface area contributed by atoms with Gasteiger partial charge in [-0.1, -0.05) is 13.8 Å². The average molecular weight is 355 g/mol. The number of hydrogen-bond acceptors (Lipinski definition) is 4. The van der Waals surface area contributed by atoms with Crippen molar-refractivity contribution in [1.82, 2.24) is 9.80 Å². The molecule has 0 N–H and O–H groups in total. The van der Waals surface area contributed by atoms with Gasteiger partial charge in [0, 0.05) is 31.4 Å². The number of amides is 2. The monoisotopic (exact) mass is 354 g/mol. The first kappa shape index (κ1) is 18.3. The molecule has 6 heteroatoms. The topological polar surface area (TPSA) is 40.6 Å². The molecule has 1 aliphatic heterocycles. The van der Waals surface area contributed by atoms with Crippen LogP contribution in [0.15, 0.2) is 11.4 Å². The maximum Gasteiger partial charge on any atom is 0.236 e. The summed E-state index contributed by atoms with van der Waals surface area (Å²) in [6.45, 7) is 9.34. The first-order valence-corrected chi connectivity index (χ1v) is 9.87. The van der Waals surface area contributed by atoms with Crippen molar-refractivity contribution < 1.29 is 9.59 Å². The summed E-state index contributed by atoms with van der Waals surface area (Å²) < 4.78 is 0. The Morgan fingerprint density at radius 3 is 2.70 bits per heavy atom. The second-order valence-electron chi connectivity index (χ2n) is 6.54. The lowest BCUT2D eigenvalue weighted by atomic mass is 10.1. The van der Waals surface area contributed by atoms with E-state index in [1.807, 2.05) is 32.7 Å². The second-order valence-corrected chi connectivity index (χ2v) is 8.92. The highest BCUT2D eigenvalue weighted by atomic mass is 32.2. The minimum absolute atomic E-state index is 0.0156. The normalized spacial score (nSPS) is 21.3. The number of rotatable bonds is 6. The molecule has 1 aromatic heterocycles. The molecule has 2 rings (SSSR count). The fourth-order valence-electron chi connectivity index (χ4n) is 2.63. The standard InChI is InChI=1S/C17H26N2O2S2/c1-11(2)10-14(20)18(5)7-8-19-16(21)13(4)23-17(19)15-12(3)6-9-22-15/h6,9,11,13,17H,7-8,10H2,1-5H3/t13-,17+/m1/s1. The fourth-order valence-corrected chi connectivity index (χ4v) is 5.18. The second kappa shape index (κ2) is 7.71. The van der Waals surface area contributed by atoms with E-state index < -0.39 is 0 Å². The summed E-state index contributed by atoms with van der Waals surface area (Å²) in [7, 11) is 1.83. The number of carbonyl (C=O) groups is 2. The zero-order valence-corrected chi connectivity index (χ0v) is 16.2. The maximum atomic E-state index is 12.5. The van der Waals surface area contributed by atoms with Gasteiger partial charge in [-0.25, -0.2) is 0 Å². The van der Waals surface area contributed by atoms with E-state index in [0.717, 1.165) is 0 Å². The van der Waals surface area contributed by atoms with Gasteiger partial charge in [0.25, 0.3) is 0 Å². The molecule has 2 amide bonds. The van der Waals surface area contributed by atoms with Crippen molar-refractivity contribution in [3.05, 3.63) is 21.9 Å². The van der Waals surface area contributed by atoms with Crippen LogP contribution in [-0.2, 0) is 9.59 Å². The van der Waals surface area contributed by atoms with Crippen LogP contribution in [0.25, 0.3) is 0 Å². The smallest absolute Gasteiger partial charge is 0.236 e. The summed E-state index contributed by atoms with van der Waals surface area (Å²) in [5, 5.41) is 2.15.